The summed E-state index contributed by atoms with van der Waals surface area (Å²) in [6, 6.07) is 6.03. The quantitative estimate of drug-likeness (QED) is 0.781. The molecule has 1 aromatic rings. The number of hydrogen-bond donors (Lipinski definition) is 2. The molecule has 0 aromatic heterocycles. The summed E-state index contributed by atoms with van der Waals surface area (Å²) in [5, 5.41) is 11.4. The summed E-state index contributed by atoms with van der Waals surface area (Å²) in [5.74, 6) is -0.866. The molecule has 92 valence electrons. The van der Waals surface area contributed by atoms with Gasteiger partial charge in [0.15, 0.2) is 6.61 Å². The van der Waals surface area contributed by atoms with Crippen LogP contribution < -0.4 is 10.1 Å². The standard InChI is InChI=1S/C12H15NO4/c1-2-6-13-11(14)8-17-10-5-3-4-9(7-10)12(15)16/h3-5,7H,2,6,8H2,1H3,(H,13,14)(H,15,16). The van der Waals surface area contributed by atoms with Gasteiger partial charge in [0.05, 0.1) is 5.56 Å². The number of amides is 1. The number of aromatic carboxylic acids is 1. The van der Waals surface area contributed by atoms with Gasteiger partial charge < -0.3 is 15.2 Å². The van der Waals surface area contributed by atoms with E-state index in [1.165, 1.54) is 12.1 Å². The van der Waals surface area contributed by atoms with Crippen molar-refractivity contribution in [2.75, 3.05) is 13.2 Å². The molecule has 2 N–H and O–H groups in total. The van der Waals surface area contributed by atoms with Gasteiger partial charge in [-0.2, -0.15) is 0 Å². The van der Waals surface area contributed by atoms with Gasteiger partial charge in [0, 0.05) is 6.54 Å². The van der Waals surface area contributed by atoms with E-state index in [0.717, 1.165) is 6.42 Å². The third-order valence-corrected chi connectivity index (χ3v) is 2.02. The van der Waals surface area contributed by atoms with E-state index in [1.807, 2.05) is 6.92 Å². The van der Waals surface area contributed by atoms with Crippen molar-refractivity contribution in [3.63, 3.8) is 0 Å². The van der Waals surface area contributed by atoms with Crippen LogP contribution in [0.2, 0.25) is 0 Å². The first-order valence-electron chi connectivity index (χ1n) is 5.36. The molecule has 0 fully saturated rings. The lowest BCUT2D eigenvalue weighted by atomic mass is 10.2. The summed E-state index contributed by atoms with van der Waals surface area (Å²) < 4.78 is 5.18. The van der Waals surface area contributed by atoms with Gasteiger partial charge in [0.1, 0.15) is 5.75 Å². The molecule has 0 radical (unpaired) electrons. The molecule has 0 bridgehead atoms. The highest BCUT2D eigenvalue weighted by atomic mass is 16.5. The smallest absolute Gasteiger partial charge is 0.335 e. The van der Waals surface area contributed by atoms with Gasteiger partial charge in [-0.05, 0) is 24.6 Å². The lowest BCUT2D eigenvalue weighted by Crippen LogP contribution is -2.29. The van der Waals surface area contributed by atoms with Crippen LogP contribution in [-0.4, -0.2) is 30.1 Å². The second-order valence-electron chi connectivity index (χ2n) is 3.47. The molecule has 0 aliphatic carbocycles. The predicted molar refractivity (Wildman–Crippen MR) is 62.2 cm³/mol. The average molecular weight is 237 g/mol. The van der Waals surface area contributed by atoms with Crippen LogP contribution in [0, 0.1) is 0 Å². The van der Waals surface area contributed by atoms with Gasteiger partial charge in [0.25, 0.3) is 5.91 Å². The molecule has 0 heterocycles. The molecular weight excluding hydrogens is 222 g/mol. The maximum absolute atomic E-state index is 11.2. The Balaban J connectivity index is 2.49. The van der Waals surface area contributed by atoms with E-state index >= 15 is 0 Å². The van der Waals surface area contributed by atoms with Crippen molar-refractivity contribution in [1.82, 2.24) is 5.32 Å². The van der Waals surface area contributed by atoms with Crippen molar-refractivity contribution in [2.45, 2.75) is 13.3 Å². The molecule has 0 atom stereocenters. The van der Waals surface area contributed by atoms with E-state index in [-0.39, 0.29) is 18.1 Å². The molecule has 5 nitrogen and oxygen atoms in total. The molecule has 0 aliphatic heterocycles. The summed E-state index contributed by atoms with van der Waals surface area (Å²) in [7, 11) is 0. The maximum atomic E-state index is 11.2. The minimum absolute atomic E-state index is 0.108. The number of carboxylic acid groups (broad SMARTS) is 1. The Morgan fingerprint density at radius 3 is 2.82 bits per heavy atom. The van der Waals surface area contributed by atoms with Crippen molar-refractivity contribution >= 4 is 11.9 Å². The summed E-state index contributed by atoms with van der Waals surface area (Å²) in [6.45, 7) is 2.46. The first-order valence-corrected chi connectivity index (χ1v) is 5.36. The molecule has 1 aromatic carbocycles. The van der Waals surface area contributed by atoms with E-state index in [2.05, 4.69) is 5.32 Å². The summed E-state index contributed by atoms with van der Waals surface area (Å²) >= 11 is 0. The number of carboxylic acids is 1. The van der Waals surface area contributed by atoms with Crippen LogP contribution in [0.3, 0.4) is 0 Å². The van der Waals surface area contributed by atoms with E-state index in [0.29, 0.717) is 12.3 Å². The Morgan fingerprint density at radius 1 is 1.41 bits per heavy atom. The van der Waals surface area contributed by atoms with Crippen molar-refractivity contribution in [2.24, 2.45) is 0 Å². The lowest BCUT2D eigenvalue weighted by molar-refractivity contribution is -0.123. The zero-order chi connectivity index (χ0) is 12.7. The molecule has 5 heteroatoms. The SMILES string of the molecule is CCCNC(=O)COc1cccc(C(=O)O)c1. The van der Waals surface area contributed by atoms with Gasteiger partial charge in [-0.1, -0.05) is 13.0 Å². The first kappa shape index (κ1) is 13.0. The zero-order valence-corrected chi connectivity index (χ0v) is 9.60. The predicted octanol–water partition coefficient (Wildman–Crippen LogP) is 1.29. The monoisotopic (exact) mass is 237 g/mol. The fourth-order valence-electron chi connectivity index (χ4n) is 1.18. The summed E-state index contributed by atoms with van der Waals surface area (Å²) in [6.07, 6.45) is 0.861. The van der Waals surface area contributed by atoms with Crippen LogP contribution in [0.25, 0.3) is 0 Å². The van der Waals surface area contributed by atoms with Gasteiger partial charge in [0.2, 0.25) is 0 Å². The van der Waals surface area contributed by atoms with Crippen LogP contribution in [0.4, 0.5) is 0 Å². The minimum Gasteiger partial charge on any atom is -0.484 e. The fraction of sp³-hybridized carbons (Fsp3) is 0.333. The number of rotatable bonds is 6. The van der Waals surface area contributed by atoms with Crippen LogP contribution in [0.15, 0.2) is 24.3 Å². The average Bonchev–Trinajstić information content (AvgIpc) is 2.34. The highest BCUT2D eigenvalue weighted by Crippen LogP contribution is 2.12. The second-order valence-corrected chi connectivity index (χ2v) is 3.47. The molecule has 1 amide bonds. The molecular formula is C12H15NO4. The van der Waals surface area contributed by atoms with Crippen LogP contribution in [0.5, 0.6) is 5.75 Å². The van der Waals surface area contributed by atoms with Crippen molar-refractivity contribution in [1.29, 1.82) is 0 Å². The Hall–Kier alpha value is -2.04. The van der Waals surface area contributed by atoms with Gasteiger partial charge >= 0.3 is 5.97 Å². The number of benzene rings is 1. The van der Waals surface area contributed by atoms with Gasteiger partial charge in [-0.3, -0.25) is 4.79 Å². The van der Waals surface area contributed by atoms with Crippen molar-refractivity contribution in [3.8, 4) is 5.75 Å². The number of hydrogen-bond acceptors (Lipinski definition) is 3. The Morgan fingerprint density at radius 2 is 2.18 bits per heavy atom. The molecule has 0 spiro atoms. The molecule has 17 heavy (non-hydrogen) atoms. The lowest BCUT2D eigenvalue weighted by Gasteiger charge is -2.07. The highest BCUT2D eigenvalue weighted by Gasteiger charge is 2.05. The summed E-state index contributed by atoms with van der Waals surface area (Å²) in [5.41, 5.74) is 0.136. The normalized spacial score (nSPS) is 9.71. The van der Waals surface area contributed by atoms with Gasteiger partial charge in [-0.15, -0.1) is 0 Å². The Bertz CT molecular complexity index is 403. The Kier molecular flexibility index (Phi) is 5.00. The third-order valence-electron chi connectivity index (χ3n) is 2.02. The fourth-order valence-corrected chi connectivity index (χ4v) is 1.18. The molecule has 0 aliphatic rings. The number of carbonyl (C=O) groups is 2. The summed E-state index contributed by atoms with van der Waals surface area (Å²) in [4.78, 5) is 21.9. The third kappa shape index (κ3) is 4.55. The topological polar surface area (TPSA) is 75.6 Å². The van der Waals surface area contributed by atoms with Crippen molar-refractivity contribution < 1.29 is 19.4 Å². The van der Waals surface area contributed by atoms with Crippen LogP contribution in [0.1, 0.15) is 23.7 Å². The number of nitrogens with one attached hydrogen (secondary N) is 1. The Labute approximate surface area is 99.4 Å². The van der Waals surface area contributed by atoms with Gasteiger partial charge in [-0.25, -0.2) is 4.79 Å². The van der Waals surface area contributed by atoms with Crippen molar-refractivity contribution in [3.05, 3.63) is 29.8 Å². The van der Waals surface area contributed by atoms with E-state index in [9.17, 15) is 9.59 Å². The van der Waals surface area contributed by atoms with E-state index in [1.54, 1.807) is 12.1 Å². The number of carbonyl (C=O) groups excluding carboxylic acids is 1. The highest BCUT2D eigenvalue weighted by molar-refractivity contribution is 5.88. The van der Waals surface area contributed by atoms with Crippen LogP contribution in [-0.2, 0) is 4.79 Å². The zero-order valence-electron chi connectivity index (χ0n) is 9.60. The largest absolute Gasteiger partial charge is 0.484 e. The van der Waals surface area contributed by atoms with E-state index < -0.39 is 5.97 Å². The molecule has 1 rings (SSSR count). The maximum Gasteiger partial charge on any atom is 0.335 e. The number of ether oxygens (including phenoxy) is 1. The second kappa shape index (κ2) is 6.52. The first-order chi connectivity index (χ1) is 8.13. The molecule has 0 saturated heterocycles. The minimum atomic E-state index is -1.02. The molecule has 0 unspecified atom stereocenters. The molecule has 0 saturated carbocycles. The van der Waals surface area contributed by atoms with E-state index in [4.69, 9.17) is 9.84 Å². The van der Waals surface area contributed by atoms with Crippen LogP contribution >= 0.6 is 0 Å².